The molecule has 0 unspecified atom stereocenters. The fourth-order valence-corrected chi connectivity index (χ4v) is 2.80. The Morgan fingerprint density at radius 2 is 1.10 bits per heavy atom. The monoisotopic (exact) mass is 420 g/mol. The second kappa shape index (κ2) is 7.37. The van der Waals surface area contributed by atoms with Gasteiger partial charge in [-0.25, -0.2) is 4.79 Å². The molecule has 3 nitrogen and oxygen atoms in total. The maximum Gasteiger partial charge on any atom is 0.410 e. The lowest BCUT2D eigenvalue weighted by atomic mass is 9.76. The SMILES string of the molecule is COC(=O)C(F)(F)C(F)(F)C(F)(F)C(O)(c1ccc(C)cc1)c1ccc(C)cc1. The number of methoxy groups -OCH3 is 1. The van der Waals surface area contributed by atoms with Gasteiger partial charge in [0, 0.05) is 0 Å². The number of alkyl halides is 6. The van der Waals surface area contributed by atoms with Crippen LogP contribution in [0.3, 0.4) is 0 Å². The van der Waals surface area contributed by atoms with E-state index in [4.69, 9.17) is 0 Å². The van der Waals surface area contributed by atoms with Gasteiger partial charge >= 0.3 is 23.7 Å². The third kappa shape index (κ3) is 3.37. The van der Waals surface area contributed by atoms with Crippen LogP contribution in [0.1, 0.15) is 22.3 Å². The van der Waals surface area contributed by atoms with Crippen LogP contribution in [0.5, 0.6) is 0 Å². The van der Waals surface area contributed by atoms with Crippen molar-refractivity contribution >= 4 is 5.97 Å². The van der Waals surface area contributed by atoms with Crippen molar-refractivity contribution in [3.8, 4) is 0 Å². The minimum absolute atomic E-state index is 0.358. The first kappa shape index (κ1) is 22.7. The molecule has 2 rings (SSSR count). The summed E-state index contributed by atoms with van der Waals surface area (Å²) in [5.74, 6) is -20.9. The minimum Gasteiger partial charge on any atom is -0.464 e. The molecule has 0 radical (unpaired) electrons. The minimum atomic E-state index is -6.29. The Morgan fingerprint density at radius 1 is 0.759 bits per heavy atom. The van der Waals surface area contributed by atoms with Gasteiger partial charge < -0.3 is 9.84 Å². The van der Waals surface area contributed by atoms with Crippen LogP contribution in [-0.2, 0) is 15.1 Å². The summed E-state index contributed by atoms with van der Waals surface area (Å²) in [4.78, 5) is 11.1. The molecule has 0 aliphatic carbocycles. The highest BCUT2D eigenvalue weighted by atomic mass is 19.3. The molecule has 0 fully saturated rings. The Hall–Kier alpha value is -2.55. The molecule has 0 aromatic heterocycles. The number of hydrogen-bond acceptors (Lipinski definition) is 3. The predicted molar refractivity (Wildman–Crippen MR) is 92.2 cm³/mol. The molecule has 0 bridgehead atoms. The van der Waals surface area contributed by atoms with Crippen molar-refractivity contribution in [2.45, 2.75) is 37.2 Å². The zero-order valence-electron chi connectivity index (χ0n) is 15.7. The highest BCUT2D eigenvalue weighted by Crippen LogP contribution is 2.56. The normalized spacial score (nSPS) is 13.3. The third-order valence-electron chi connectivity index (χ3n) is 4.62. The lowest BCUT2D eigenvalue weighted by molar-refractivity contribution is -0.345. The summed E-state index contributed by atoms with van der Waals surface area (Å²) >= 11 is 0. The summed E-state index contributed by atoms with van der Waals surface area (Å²) < 4.78 is 90.7. The number of carbonyl (C=O) groups is 1. The first-order valence-electron chi connectivity index (χ1n) is 8.32. The number of rotatable bonds is 6. The van der Waals surface area contributed by atoms with Gasteiger partial charge in [0.2, 0.25) is 0 Å². The van der Waals surface area contributed by atoms with Gasteiger partial charge in [0.05, 0.1) is 7.11 Å². The number of aryl methyl sites for hydroxylation is 2. The van der Waals surface area contributed by atoms with Crippen molar-refractivity contribution in [1.29, 1.82) is 0 Å². The van der Waals surface area contributed by atoms with E-state index >= 15 is 8.78 Å². The molecule has 0 spiro atoms. The van der Waals surface area contributed by atoms with Crippen molar-refractivity contribution in [2.24, 2.45) is 0 Å². The third-order valence-corrected chi connectivity index (χ3v) is 4.62. The number of benzene rings is 2. The molecule has 29 heavy (non-hydrogen) atoms. The van der Waals surface area contributed by atoms with Crippen LogP contribution in [-0.4, -0.2) is 36.0 Å². The molecule has 0 saturated carbocycles. The average Bonchev–Trinajstić information content (AvgIpc) is 2.67. The largest absolute Gasteiger partial charge is 0.464 e. The van der Waals surface area contributed by atoms with Gasteiger partial charge in [-0.1, -0.05) is 59.7 Å². The maximum absolute atomic E-state index is 15.1. The zero-order chi connectivity index (χ0) is 22.3. The van der Waals surface area contributed by atoms with E-state index in [0.717, 1.165) is 24.3 Å². The van der Waals surface area contributed by atoms with E-state index in [1.165, 1.54) is 24.3 Å². The number of halogens is 6. The fourth-order valence-electron chi connectivity index (χ4n) is 2.80. The lowest BCUT2D eigenvalue weighted by Gasteiger charge is -2.42. The Bertz CT molecular complexity index is 831. The van der Waals surface area contributed by atoms with Crippen LogP contribution in [0.25, 0.3) is 0 Å². The molecular weight excluding hydrogens is 402 g/mol. The van der Waals surface area contributed by atoms with Crippen LogP contribution in [0.4, 0.5) is 26.3 Å². The molecule has 0 atom stereocenters. The second-order valence-electron chi connectivity index (χ2n) is 6.66. The van der Waals surface area contributed by atoms with E-state index < -0.39 is 40.5 Å². The van der Waals surface area contributed by atoms with E-state index in [-0.39, 0.29) is 0 Å². The first-order valence-corrected chi connectivity index (χ1v) is 8.32. The number of hydrogen-bond donors (Lipinski definition) is 1. The van der Waals surface area contributed by atoms with Gasteiger partial charge in [-0.3, -0.25) is 0 Å². The number of aliphatic hydroxyl groups is 1. The average molecular weight is 420 g/mol. The number of carbonyl (C=O) groups excluding carboxylic acids is 1. The summed E-state index contributed by atoms with van der Waals surface area (Å²) in [6.45, 7) is 3.15. The quantitative estimate of drug-likeness (QED) is 0.548. The molecule has 0 amide bonds. The van der Waals surface area contributed by atoms with Crippen molar-refractivity contribution < 1.29 is 41.0 Å². The molecule has 2 aromatic carbocycles. The van der Waals surface area contributed by atoms with E-state index in [1.807, 2.05) is 0 Å². The zero-order valence-corrected chi connectivity index (χ0v) is 15.7. The van der Waals surface area contributed by atoms with Crippen LogP contribution >= 0.6 is 0 Å². The van der Waals surface area contributed by atoms with Gasteiger partial charge in [-0.05, 0) is 25.0 Å². The Balaban J connectivity index is 2.81. The second-order valence-corrected chi connectivity index (χ2v) is 6.66. The van der Waals surface area contributed by atoms with Crippen molar-refractivity contribution in [1.82, 2.24) is 0 Å². The summed E-state index contributed by atoms with van der Waals surface area (Å²) in [7, 11) is 0.358. The molecule has 0 saturated heterocycles. The fraction of sp³-hybridized carbons (Fsp3) is 0.350. The van der Waals surface area contributed by atoms with Gasteiger partial charge in [0.15, 0.2) is 5.60 Å². The molecule has 0 aliphatic heterocycles. The Kier molecular flexibility index (Phi) is 5.77. The first-order chi connectivity index (χ1) is 13.2. The number of ether oxygens (including phenoxy) is 1. The van der Waals surface area contributed by atoms with Gasteiger partial charge in [0.25, 0.3) is 0 Å². The van der Waals surface area contributed by atoms with Crippen molar-refractivity contribution in [2.75, 3.05) is 7.11 Å². The maximum atomic E-state index is 15.1. The number of esters is 1. The van der Waals surface area contributed by atoms with E-state index in [2.05, 4.69) is 4.74 Å². The molecule has 1 N–H and O–H groups in total. The molecule has 9 heteroatoms. The van der Waals surface area contributed by atoms with E-state index in [0.29, 0.717) is 18.2 Å². The van der Waals surface area contributed by atoms with E-state index in [9.17, 15) is 27.5 Å². The molecule has 0 aliphatic rings. The Morgan fingerprint density at radius 3 is 1.41 bits per heavy atom. The van der Waals surface area contributed by atoms with Crippen LogP contribution < -0.4 is 0 Å². The van der Waals surface area contributed by atoms with Crippen molar-refractivity contribution in [3.63, 3.8) is 0 Å². The highest BCUT2D eigenvalue weighted by molar-refractivity contribution is 5.79. The summed E-state index contributed by atoms with van der Waals surface area (Å²) in [5, 5.41) is 10.9. The molecule has 0 heterocycles. The highest BCUT2D eigenvalue weighted by Gasteiger charge is 2.81. The Labute approximate surface area is 162 Å². The van der Waals surface area contributed by atoms with Crippen LogP contribution in [0, 0.1) is 13.8 Å². The topological polar surface area (TPSA) is 46.5 Å². The molecule has 2 aromatic rings. The molecule has 158 valence electrons. The summed E-state index contributed by atoms with van der Waals surface area (Å²) in [6.07, 6.45) is 0. The summed E-state index contributed by atoms with van der Waals surface area (Å²) in [5.41, 5.74) is -4.28. The van der Waals surface area contributed by atoms with Gasteiger partial charge in [0.1, 0.15) is 0 Å². The van der Waals surface area contributed by atoms with Gasteiger partial charge in [-0.15, -0.1) is 0 Å². The van der Waals surface area contributed by atoms with E-state index in [1.54, 1.807) is 13.8 Å². The van der Waals surface area contributed by atoms with Crippen LogP contribution in [0.2, 0.25) is 0 Å². The predicted octanol–water partition coefficient (Wildman–Crippen LogP) is 4.62. The van der Waals surface area contributed by atoms with Crippen molar-refractivity contribution in [3.05, 3.63) is 70.8 Å². The smallest absolute Gasteiger partial charge is 0.410 e. The standard InChI is InChI=1S/C20H18F6O3/c1-12-4-8-14(9-5-12)17(28,15-10-6-13(2)7-11-15)19(23,24)20(25,26)18(21,22)16(27)29-3/h4-11,28H,1-3H3. The lowest BCUT2D eigenvalue weighted by Crippen LogP contribution is -2.66. The summed E-state index contributed by atoms with van der Waals surface area (Å²) in [6, 6.07) is 8.71. The van der Waals surface area contributed by atoms with Crippen LogP contribution in [0.15, 0.2) is 48.5 Å². The molecular formula is C20H18F6O3. The van der Waals surface area contributed by atoms with Gasteiger partial charge in [-0.2, -0.15) is 26.3 Å².